The minimum absolute atomic E-state index is 0.0682. The van der Waals surface area contributed by atoms with Crippen molar-refractivity contribution in [3.05, 3.63) is 29.8 Å². The maximum Gasteiger partial charge on any atom is 0.328 e. The second kappa shape index (κ2) is 4.66. The van der Waals surface area contributed by atoms with Crippen molar-refractivity contribution in [3.8, 4) is 5.75 Å². The number of carbonyl (C=O) groups excluding carboxylic acids is 1. The molecule has 3 heteroatoms. The standard InChI is InChI=1S/C13H17NO2/c1-10-5-7-11(8-6-10)16-13(15)12-4-3-9-14(12)2/h5-8,12H,3-4,9H2,1-2H3. The molecule has 1 unspecified atom stereocenters. The van der Waals surface area contributed by atoms with Gasteiger partial charge in [0.05, 0.1) is 0 Å². The highest BCUT2D eigenvalue weighted by Gasteiger charge is 2.29. The molecule has 0 saturated carbocycles. The van der Waals surface area contributed by atoms with Crippen LogP contribution in [0, 0.1) is 6.92 Å². The van der Waals surface area contributed by atoms with Gasteiger partial charge in [0.25, 0.3) is 0 Å². The molecule has 1 atom stereocenters. The molecule has 0 amide bonds. The Kier molecular flexibility index (Phi) is 3.25. The van der Waals surface area contributed by atoms with E-state index in [1.165, 1.54) is 0 Å². The highest BCUT2D eigenvalue weighted by Crippen LogP contribution is 2.18. The summed E-state index contributed by atoms with van der Waals surface area (Å²) in [5.41, 5.74) is 1.16. The number of nitrogens with zero attached hydrogens (tertiary/aromatic N) is 1. The molecule has 0 aliphatic carbocycles. The second-order valence-electron chi connectivity index (χ2n) is 4.37. The summed E-state index contributed by atoms with van der Waals surface area (Å²) in [4.78, 5) is 13.9. The summed E-state index contributed by atoms with van der Waals surface area (Å²) in [5.74, 6) is 0.500. The Morgan fingerprint density at radius 3 is 2.62 bits per heavy atom. The van der Waals surface area contributed by atoms with Gasteiger partial charge >= 0.3 is 5.97 Å². The zero-order valence-electron chi connectivity index (χ0n) is 9.77. The van der Waals surface area contributed by atoms with Gasteiger partial charge in [-0.1, -0.05) is 17.7 Å². The Labute approximate surface area is 96.0 Å². The topological polar surface area (TPSA) is 29.5 Å². The molecule has 1 aromatic carbocycles. The van der Waals surface area contributed by atoms with Crippen LogP contribution in [0.1, 0.15) is 18.4 Å². The van der Waals surface area contributed by atoms with Crippen molar-refractivity contribution in [2.75, 3.05) is 13.6 Å². The van der Waals surface area contributed by atoms with Gasteiger partial charge in [-0.3, -0.25) is 4.90 Å². The molecule has 0 radical (unpaired) electrons. The molecule has 2 rings (SSSR count). The van der Waals surface area contributed by atoms with Gasteiger partial charge < -0.3 is 4.74 Å². The predicted molar refractivity (Wildman–Crippen MR) is 62.5 cm³/mol. The lowest BCUT2D eigenvalue weighted by molar-refractivity contribution is -0.138. The van der Waals surface area contributed by atoms with Crippen LogP contribution >= 0.6 is 0 Å². The quantitative estimate of drug-likeness (QED) is 0.563. The van der Waals surface area contributed by atoms with E-state index in [0.29, 0.717) is 5.75 Å². The number of hydrogen-bond acceptors (Lipinski definition) is 3. The van der Waals surface area contributed by atoms with Gasteiger partial charge in [0, 0.05) is 0 Å². The fourth-order valence-electron chi connectivity index (χ4n) is 2.00. The molecular weight excluding hydrogens is 202 g/mol. The van der Waals surface area contributed by atoms with Gasteiger partial charge in [-0.25, -0.2) is 4.79 Å². The number of ether oxygens (including phenoxy) is 1. The molecule has 1 aliphatic heterocycles. The van der Waals surface area contributed by atoms with E-state index in [4.69, 9.17) is 4.74 Å². The van der Waals surface area contributed by atoms with Gasteiger partial charge in [-0.2, -0.15) is 0 Å². The molecule has 0 aromatic heterocycles. The van der Waals surface area contributed by atoms with Crippen molar-refractivity contribution in [2.24, 2.45) is 0 Å². The second-order valence-corrected chi connectivity index (χ2v) is 4.37. The van der Waals surface area contributed by atoms with E-state index in [1.54, 1.807) is 0 Å². The molecule has 0 bridgehead atoms. The number of hydrogen-bond donors (Lipinski definition) is 0. The van der Waals surface area contributed by atoms with Crippen LogP contribution in [0.3, 0.4) is 0 Å². The fourth-order valence-corrected chi connectivity index (χ4v) is 2.00. The lowest BCUT2D eigenvalue weighted by Gasteiger charge is -2.17. The molecule has 16 heavy (non-hydrogen) atoms. The van der Waals surface area contributed by atoms with Crippen molar-refractivity contribution in [3.63, 3.8) is 0 Å². The van der Waals surface area contributed by atoms with Crippen molar-refractivity contribution in [2.45, 2.75) is 25.8 Å². The van der Waals surface area contributed by atoms with Crippen molar-refractivity contribution >= 4 is 5.97 Å². The zero-order chi connectivity index (χ0) is 11.5. The maximum absolute atomic E-state index is 11.8. The van der Waals surface area contributed by atoms with Gasteiger partial charge in [0.1, 0.15) is 11.8 Å². The number of benzene rings is 1. The third kappa shape index (κ3) is 2.42. The Morgan fingerprint density at radius 1 is 1.38 bits per heavy atom. The monoisotopic (exact) mass is 219 g/mol. The van der Waals surface area contributed by atoms with Crippen molar-refractivity contribution < 1.29 is 9.53 Å². The number of esters is 1. The van der Waals surface area contributed by atoms with Crippen LogP contribution < -0.4 is 4.74 Å². The first-order chi connectivity index (χ1) is 7.66. The molecule has 1 aromatic rings. The molecule has 86 valence electrons. The van der Waals surface area contributed by atoms with E-state index < -0.39 is 0 Å². The zero-order valence-corrected chi connectivity index (χ0v) is 9.77. The normalized spacial score (nSPS) is 21.0. The molecule has 1 fully saturated rings. The summed E-state index contributed by atoms with van der Waals surface area (Å²) >= 11 is 0. The van der Waals surface area contributed by atoms with Crippen LogP contribution in [0.15, 0.2) is 24.3 Å². The summed E-state index contributed by atoms with van der Waals surface area (Å²) in [6, 6.07) is 7.49. The summed E-state index contributed by atoms with van der Waals surface area (Å²) in [5, 5.41) is 0. The van der Waals surface area contributed by atoms with Gasteiger partial charge in [-0.15, -0.1) is 0 Å². The van der Waals surface area contributed by atoms with E-state index in [2.05, 4.69) is 4.90 Å². The predicted octanol–water partition coefficient (Wildman–Crippen LogP) is 1.99. The van der Waals surface area contributed by atoms with Crippen LogP contribution in [0.25, 0.3) is 0 Å². The van der Waals surface area contributed by atoms with Crippen LogP contribution in [0.2, 0.25) is 0 Å². The Morgan fingerprint density at radius 2 is 2.06 bits per heavy atom. The molecule has 1 saturated heterocycles. The van der Waals surface area contributed by atoms with Crippen LogP contribution in [0.4, 0.5) is 0 Å². The fraction of sp³-hybridized carbons (Fsp3) is 0.462. The lowest BCUT2D eigenvalue weighted by Crippen LogP contribution is -2.35. The minimum Gasteiger partial charge on any atom is -0.425 e. The van der Waals surface area contributed by atoms with E-state index in [1.807, 2.05) is 38.2 Å². The van der Waals surface area contributed by atoms with E-state index in [9.17, 15) is 4.79 Å². The number of rotatable bonds is 2. The van der Waals surface area contributed by atoms with Crippen LogP contribution in [-0.2, 0) is 4.79 Å². The smallest absolute Gasteiger partial charge is 0.328 e. The average Bonchev–Trinajstić information content (AvgIpc) is 2.68. The highest BCUT2D eigenvalue weighted by molar-refractivity contribution is 5.78. The first-order valence-corrected chi connectivity index (χ1v) is 5.65. The van der Waals surface area contributed by atoms with Crippen LogP contribution in [-0.4, -0.2) is 30.5 Å². The third-order valence-corrected chi connectivity index (χ3v) is 3.03. The molecule has 3 nitrogen and oxygen atoms in total. The first kappa shape index (κ1) is 11.1. The third-order valence-electron chi connectivity index (χ3n) is 3.03. The van der Waals surface area contributed by atoms with E-state index in [0.717, 1.165) is 24.9 Å². The van der Waals surface area contributed by atoms with Gasteiger partial charge in [0.2, 0.25) is 0 Å². The van der Waals surface area contributed by atoms with Crippen molar-refractivity contribution in [1.29, 1.82) is 0 Å². The summed E-state index contributed by atoms with van der Waals surface area (Å²) in [6.07, 6.45) is 1.98. The Balaban J connectivity index is 1.99. The first-order valence-electron chi connectivity index (χ1n) is 5.65. The van der Waals surface area contributed by atoms with Gasteiger partial charge in [-0.05, 0) is 45.5 Å². The molecule has 1 aliphatic rings. The minimum atomic E-state index is -0.135. The van der Waals surface area contributed by atoms with E-state index in [-0.39, 0.29) is 12.0 Å². The van der Waals surface area contributed by atoms with E-state index >= 15 is 0 Å². The molecule has 0 N–H and O–H groups in total. The largest absolute Gasteiger partial charge is 0.425 e. The van der Waals surface area contributed by atoms with Crippen molar-refractivity contribution in [1.82, 2.24) is 4.90 Å². The molecule has 1 heterocycles. The summed E-state index contributed by atoms with van der Waals surface area (Å²) in [7, 11) is 1.97. The Bertz CT molecular complexity index is 372. The van der Waals surface area contributed by atoms with Crippen LogP contribution in [0.5, 0.6) is 5.75 Å². The average molecular weight is 219 g/mol. The molecule has 0 spiro atoms. The maximum atomic E-state index is 11.8. The Hall–Kier alpha value is -1.35. The van der Waals surface area contributed by atoms with Gasteiger partial charge in [0.15, 0.2) is 0 Å². The lowest BCUT2D eigenvalue weighted by atomic mass is 10.2. The highest BCUT2D eigenvalue weighted by atomic mass is 16.5. The SMILES string of the molecule is Cc1ccc(OC(=O)C2CCCN2C)cc1. The molecular formula is C13H17NO2. The summed E-state index contributed by atoms with van der Waals surface area (Å²) < 4.78 is 5.34. The number of aryl methyl sites for hydroxylation is 1. The summed E-state index contributed by atoms with van der Waals surface area (Å²) in [6.45, 7) is 2.99. The number of likely N-dealkylation sites (N-methyl/N-ethyl adjacent to an activating group) is 1. The number of carbonyl (C=O) groups is 1. The number of likely N-dealkylation sites (tertiary alicyclic amines) is 1.